The van der Waals surface area contributed by atoms with Crippen LogP contribution in [0.25, 0.3) is 0 Å². The Morgan fingerprint density at radius 2 is 1.61 bits per heavy atom. The van der Waals surface area contributed by atoms with Gasteiger partial charge in [0.2, 0.25) is 0 Å². The minimum atomic E-state index is -5.08. The largest absolute Gasteiger partial charge is 0.490 e. The maximum Gasteiger partial charge on any atom is 0.490 e. The number of hydrogen-bond acceptors (Lipinski definition) is 6. The number of carbonyl (C=O) groups is 2. The van der Waals surface area contributed by atoms with Gasteiger partial charge in [-0.2, -0.15) is 18.3 Å². The molecule has 0 atom stereocenters. The molecule has 4 aromatic rings. The third-order valence-corrected chi connectivity index (χ3v) is 5.54. The number of nitrogens with two attached hydrogens (primary N) is 1. The number of aliphatic carboxylic acids is 1. The summed E-state index contributed by atoms with van der Waals surface area (Å²) in [5, 5.41) is 10.7. The van der Waals surface area contributed by atoms with Crippen LogP contribution in [0.1, 0.15) is 39.5 Å². The lowest BCUT2D eigenvalue weighted by Crippen LogP contribution is -2.21. The lowest BCUT2D eigenvalue weighted by molar-refractivity contribution is -0.192. The van der Waals surface area contributed by atoms with Crippen LogP contribution in [0.5, 0.6) is 11.5 Å². The number of carboxylic acids is 1. The van der Waals surface area contributed by atoms with Crippen LogP contribution < -0.4 is 10.6 Å². The van der Waals surface area contributed by atoms with Crippen molar-refractivity contribution in [3.8, 4) is 11.5 Å². The van der Waals surface area contributed by atoms with Crippen molar-refractivity contribution in [2.45, 2.75) is 26.1 Å². The molecule has 214 valence electrons. The van der Waals surface area contributed by atoms with Crippen molar-refractivity contribution < 1.29 is 37.3 Å². The van der Waals surface area contributed by atoms with Gasteiger partial charge in [-0.05, 0) is 65.9 Å². The van der Waals surface area contributed by atoms with Gasteiger partial charge in [0.1, 0.15) is 11.5 Å². The number of esters is 1. The van der Waals surface area contributed by atoms with E-state index in [0.717, 1.165) is 33.8 Å². The molecule has 8 nitrogen and oxygen atoms in total. The second kappa shape index (κ2) is 14.4. The number of carboxylic acid groups (broad SMARTS) is 1. The fourth-order valence-electron chi connectivity index (χ4n) is 3.77. The number of rotatable bonds is 9. The normalized spacial score (nSPS) is 11.0. The van der Waals surface area contributed by atoms with Gasteiger partial charge in [-0.25, -0.2) is 9.59 Å². The van der Waals surface area contributed by atoms with Crippen LogP contribution in [0.4, 0.5) is 13.2 Å². The lowest BCUT2D eigenvalue weighted by Gasteiger charge is -2.07. The van der Waals surface area contributed by atoms with E-state index >= 15 is 0 Å². The summed E-state index contributed by atoms with van der Waals surface area (Å²) < 4.78 is 44.9. The molecule has 3 aromatic carbocycles. The van der Waals surface area contributed by atoms with Crippen molar-refractivity contribution in [1.82, 2.24) is 4.57 Å². The van der Waals surface area contributed by atoms with Crippen LogP contribution in [0, 0.1) is 0 Å². The zero-order valence-corrected chi connectivity index (χ0v) is 22.0. The Bertz CT molecular complexity index is 1470. The van der Waals surface area contributed by atoms with Gasteiger partial charge in [-0.3, -0.25) is 0 Å². The SMILES string of the molecule is CCOC(=O)c1cn(Cc2ccc(Oc3ccccc3)cc2)cc1Cc1cccc(C=NN)c1.O=C(O)C(F)(F)F. The van der Waals surface area contributed by atoms with E-state index in [2.05, 4.69) is 5.10 Å². The quantitative estimate of drug-likeness (QED) is 0.111. The van der Waals surface area contributed by atoms with Crippen LogP contribution >= 0.6 is 0 Å². The third-order valence-electron chi connectivity index (χ3n) is 5.54. The lowest BCUT2D eigenvalue weighted by atomic mass is 10.0. The number of nitrogens with zero attached hydrogens (tertiary/aromatic N) is 2. The van der Waals surface area contributed by atoms with E-state index < -0.39 is 12.1 Å². The molecule has 0 bridgehead atoms. The van der Waals surface area contributed by atoms with Gasteiger partial charge in [0.15, 0.2) is 0 Å². The van der Waals surface area contributed by atoms with Gasteiger partial charge < -0.3 is 25.0 Å². The van der Waals surface area contributed by atoms with Crippen molar-refractivity contribution in [3.05, 3.63) is 119 Å². The summed E-state index contributed by atoms with van der Waals surface area (Å²) in [5.74, 6) is 3.78. The van der Waals surface area contributed by atoms with Gasteiger partial charge in [0.05, 0.1) is 18.4 Å². The molecule has 1 heterocycles. The number of halogens is 3. The average Bonchev–Trinajstić information content (AvgIpc) is 3.33. The minimum Gasteiger partial charge on any atom is -0.475 e. The first-order valence-corrected chi connectivity index (χ1v) is 12.4. The molecule has 3 N–H and O–H groups in total. The van der Waals surface area contributed by atoms with Gasteiger partial charge in [-0.15, -0.1) is 0 Å². The minimum absolute atomic E-state index is 0.317. The fourth-order valence-corrected chi connectivity index (χ4v) is 3.77. The molecule has 0 amide bonds. The number of hydrogen-bond donors (Lipinski definition) is 2. The second-order valence-corrected chi connectivity index (χ2v) is 8.65. The summed E-state index contributed by atoms with van der Waals surface area (Å²) in [6.45, 7) is 2.76. The molecule has 0 radical (unpaired) electrons. The van der Waals surface area contributed by atoms with Crippen LogP contribution in [-0.2, 0) is 22.5 Å². The topological polar surface area (TPSA) is 116 Å². The van der Waals surface area contributed by atoms with E-state index in [9.17, 15) is 18.0 Å². The molecule has 0 aliphatic carbocycles. The smallest absolute Gasteiger partial charge is 0.475 e. The molecule has 0 fully saturated rings. The number of ether oxygens (including phenoxy) is 2. The summed E-state index contributed by atoms with van der Waals surface area (Å²) in [7, 11) is 0. The Hall–Kier alpha value is -5.06. The first-order valence-electron chi connectivity index (χ1n) is 12.4. The number of para-hydroxylation sites is 1. The molecule has 0 saturated carbocycles. The predicted molar refractivity (Wildman–Crippen MR) is 147 cm³/mol. The van der Waals surface area contributed by atoms with E-state index in [1.165, 1.54) is 0 Å². The summed E-state index contributed by atoms with van der Waals surface area (Å²) >= 11 is 0. The summed E-state index contributed by atoms with van der Waals surface area (Å²) in [5.41, 5.74) is 4.55. The Balaban J connectivity index is 0.000000587. The summed E-state index contributed by atoms with van der Waals surface area (Å²) in [4.78, 5) is 21.5. The van der Waals surface area contributed by atoms with E-state index in [1.54, 1.807) is 6.21 Å². The van der Waals surface area contributed by atoms with Crippen LogP contribution in [0.2, 0.25) is 0 Å². The number of hydrazone groups is 1. The molecule has 11 heteroatoms. The Morgan fingerprint density at radius 3 is 2.22 bits per heavy atom. The van der Waals surface area contributed by atoms with Crippen molar-refractivity contribution in [1.29, 1.82) is 0 Å². The number of aromatic nitrogens is 1. The molecular weight excluding hydrogens is 539 g/mol. The third kappa shape index (κ3) is 9.57. The highest BCUT2D eigenvalue weighted by Crippen LogP contribution is 2.23. The predicted octanol–water partition coefficient (Wildman–Crippen LogP) is 6.02. The van der Waals surface area contributed by atoms with Crippen molar-refractivity contribution in [3.63, 3.8) is 0 Å². The van der Waals surface area contributed by atoms with E-state index in [4.69, 9.17) is 25.2 Å². The first kappa shape index (κ1) is 30.5. The number of alkyl halides is 3. The van der Waals surface area contributed by atoms with E-state index in [1.807, 2.05) is 103 Å². The van der Waals surface area contributed by atoms with E-state index in [-0.39, 0.29) is 5.97 Å². The maximum absolute atomic E-state index is 12.6. The van der Waals surface area contributed by atoms with Gasteiger partial charge >= 0.3 is 18.1 Å². The summed E-state index contributed by atoms with van der Waals surface area (Å²) in [6, 6.07) is 25.5. The molecule has 0 unspecified atom stereocenters. The van der Waals surface area contributed by atoms with Gasteiger partial charge in [-0.1, -0.05) is 48.5 Å². The zero-order chi connectivity index (χ0) is 29.8. The van der Waals surface area contributed by atoms with Crippen LogP contribution in [-0.4, -0.2) is 40.6 Å². The molecular formula is C30H28F3N3O5. The zero-order valence-electron chi connectivity index (χ0n) is 22.0. The molecule has 0 aliphatic rings. The number of carbonyl (C=O) groups excluding carboxylic acids is 1. The molecule has 0 aliphatic heterocycles. The molecule has 1 aromatic heterocycles. The Labute approximate surface area is 234 Å². The highest BCUT2D eigenvalue weighted by molar-refractivity contribution is 5.91. The van der Waals surface area contributed by atoms with Crippen molar-refractivity contribution in [2.75, 3.05) is 6.61 Å². The Morgan fingerprint density at radius 1 is 0.951 bits per heavy atom. The molecule has 0 spiro atoms. The standard InChI is InChI=1S/C28H27N3O3.C2HF3O2/c1-2-33-28(32)27-20-31(19-24(27)16-22-7-6-8-23(15-22)17-30-29)18-21-11-13-26(14-12-21)34-25-9-4-3-5-10-25;3-2(4,5)1(6)7/h3-15,17,19-20H,2,16,18,29H2,1H3;(H,6,7). The van der Waals surface area contributed by atoms with Gasteiger partial charge in [0.25, 0.3) is 0 Å². The monoisotopic (exact) mass is 567 g/mol. The molecule has 41 heavy (non-hydrogen) atoms. The highest BCUT2D eigenvalue weighted by atomic mass is 19.4. The Kier molecular flexibility index (Phi) is 10.7. The van der Waals surface area contributed by atoms with Gasteiger partial charge in [0, 0.05) is 18.9 Å². The molecule has 4 rings (SSSR count). The highest BCUT2D eigenvalue weighted by Gasteiger charge is 2.38. The number of benzene rings is 3. The van der Waals surface area contributed by atoms with Crippen LogP contribution in [0.15, 0.2) is 96.4 Å². The van der Waals surface area contributed by atoms with E-state index in [0.29, 0.717) is 25.1 Å². The summed E-state index contributed by atoms with van der Waals surface area (Å²) in [6.07, 6.45) is 0.973. The average molecular weight is 568 g/mol. The fraction of sp³-hybridized carbons (Fsp3) is 0.167. The van der Waals surface area contributed by atoms with Crippen molar-refractivity contribution in [2.24, 2.45) is 10.9 Å². The van der Waals surface area contributed by atoms with Crippen LogP contribution in [0.3, 0.4) is 0 Å². The second-order valence-electron chi connectivity index (χ2n) is 8.65. The van der Waals surface area contributed by atoms with Crippen molar-refractivity contribution >= 4 is 18.2 Å². The maximum atomic E-state index is 12.6. The molecule has 0 saturated heterocycles. The first-order chi connectivity index (χ1) is 19.6.